The highest BCUT2D eigenvalue weighted by Gasteiger charge is 2.27. The molecule has 2 amide bonds. The Morgan fingerprint density at radius 1 is 0.972 bits per heavy atom. The first-order valence-corrected chi connectivity index (χ1v) is 12.9. The number of amides is 2. The number of unbranched alkanes of at least 4 members (excludes halogenated alkanes) is 1. The molecule has 1 N–H and O–H groups in total. The quantitative estimate of drug-likeness (QED) is 0.218. The SMILES string of the molecule is CC/C=C\C/C=C\C/C=C\C/C=C\C/C=C\CCCC(=O)N1CC[C@H](NC(=O)c2cccnc2)C1.S. The Bertz CT molecular complexity index is 891. The molecule has 0 spiro atoms. The van der Waals surface area contributed by atoms with Crippen molar-refractivity contribution < 1.29 is 9.59 Å². The number of allylic oxidation sites excluding steroid dienone is 10. The van der Waals surface area contributed by atoms with Crippen LogP contribution in [0.3, 0.4) is 0 Å². The minimum Gasteiger partial charge on any atom is -0.347 e. The molecule has 6 heteroatoms. The van der Waals surface area contributed by atoms with Gasteiger partial charge in [-0.2, -0.15) is 13.5 Å². The lowest BCUT2D eigenvalue weighted by Gasteiger charge is -2.17. The standard InChI is InChI=1S/C30H41N3O2.H2S/c1-2-3-4-5-6-7-8-9-10-11-12-13-14-15-16-17-18-21-29(34)33-24-22-28(26-33)32-30(35)27-20-19-23-31-25-27;/h3-4,6-7,9-10,12-13,15-16,19-20,23,25,28H,2,5,8,11,14,17-18,21-22,24,26H2,1H3,(H,32,35);1H2/b4-3-,7-6-,10-9-,13-12-,16-15-;/t28-;/m0./s1. The largest absolute Gasteiger partial charge is 0.347 e. The monoisotopic (exact) mass is 509 g/mol. The van der Waals surface area contributed by atoms with Gasteiger partial charge < -0.3 is 10.2 Å². The molecule has 1 aliphatic rings. The Kier molecular flexibility index (Phi) is 17.6. The maximum atomic E-state index is 12.5. The number of carbonyl (C=O) groups is 2. The van der Waals surface area contributed by atoms with E-state index < -0.39 is 0 Å². The minimum absolute atomic E-state index is 0. The van der Waals surface area contributed by atoms with Crippen molar-refractivity contribution in [3.05, 3.63) is 90.9 Å². The molecule has 0 bridgehead atoms. The van der Waals surface area contributed by atoms with Crippen LogP contribution in [0.2, 0.25) is 0 Å². The van der Waals surface area contributed by atoms with Gasteiger partial charge in [0.1, 0.15) is 0 Å². The van der Waals surface area contributed by atoms with Crippen LogP contribution >= 0.6 is 13.5 Å². The molecular formula is C30H43N3O2S. The second kappa shape index (κ2) is 20.3. The fraction of sp³-hybridized carbons (Fsp3) is 0.433. The molecule has 5 nitrogen and oxygen atoms in total. The minimum atomic E-state index is -0.129. The summed E-state index contributed by atoms with van der Waals surface area (Å²) in [6.07, 6.45) is 33.2. The lowest BCUT2D eigenvalue weighted by Crippen LogP contribution is -2.38. The Balaban J connectivity index is 0.00000648. The van der Waals surface area contributed by atoms with Crippen molar-refractivity contribution in [2.24, 2.45) is 0 Å². The number of rotatable bonds is 15. The van der Waals surface area contributed by atoms with Crippen molar-refractivity contribution in [3.63, 3.8) is 0 Å². The number of nitrogens with one attached hydrogen (secondary N) is 1. The first-order valence-electron chi connectivity index (χ1n) is 12.9. The summed E-state index contributed by atoms with van der Waals surface area (Å²) >= 11 is 0. The number of hydrogen-bond donors (Lipinski definition) is 1. The van der Waals surface area contributed by atoms with Gasteiger partial charge >= 0.3 is 0 Å². The highest BCUT2D eigenvalue weighted by atomic mass is 32.1. The van der Waals surface area contributed by atoms with E-state index in [1.807, 2.05) is 4.90 Å². The molecule has 36 heavy (non-hydrogen) atoms. The molecule has 0 aromatic carbocycles. The number of pyridine rings is 1. The third kappa shape index (κ3) is 13.9. The molecule has 1 aliphatic heterocycles. The summed E-state index contributed by atoms with van der Waals surface area (Å²) in [6, 6.07) is 3.50. The Morgan fingerprint density at radius 3 is 2.17 bits per heavy atom. The fourth-order valence-corrected chi connectivity index (χ4v) is 3.77. The van der Waals surface area contributed by atoms with Crippen molar-refractivity contribution >= 4 is 25.3 Å². The van der Waals surface area contributed by atoms with Crippen LogP contribution in [0.25, 0.3) is 0 Å². The summed E-state index contributed by atoms with van der Waals surface area (Å²) in [5.41, 5.74) is 0.550. The predicted octanol–water partition coefficient (Wildman–Crippen LogP) is 6.45. The van der Waals surface area contributed by atoms with Gasteiger partial charge in [0.25, 0.3) is 5.91 Å². The smallest absolute Gasteiger partial charge is 0.253 e. The summed E-state index contributed by atoms with van der Waals surface area (Å²) in [5.74, 6) is 0.0475. The molecule has 0 radical (unpaired) electrons. The molecule has 1 atom stereocenters. The zero-order valence-corrected chi connectivity index (χ0v) is 22.6. The van der Waals surface area contributed by atoms with Crippen LogP contribution in [0.1, 0.15) is 75.1 Å². The summed E-state index contributed by atoms with van der Waals surface area (Å²) in [6.45, 7) is 3.45. The average molecular weight is 510 g/mol. The molecular weight excluding hydrogens is 466 g/mol. The number of aromatic nitrogens is 1. The van der Waals surface area contributed by atoms with Crippen molar-refractivity contribution in [1.82, 2.24) is 15.2 Å². The average Bonchev–Trinajstić information content (AvgIpc) is 3.35. The van der Waals surface area contributed by atoms with Gasteiger partial charge in [-0.1, -0.05) is 67.7 Å². The van der Waals surface area contributed by atoms with Crippen molar-refractivity contribution in [2.45, 2.75) is 70.8 Å². The summed E-state index contributed by atoms with van der Waals surface area (Å²) in [4.78, 5) is 30.6. The van der Waals surface area contributed by atoms with Crippen LogP contribution in [-0.4, -0.2) is 40.8 Å². The third-order valence-electron chi connectivity index (χ3n) is 5.72. The topological polar surface area (TPSA) is 62.3 Å². The van der Waals surface area contributed by atoms with Gasteiger partial charge in [-0.3, -0.25) is 14.6 Å². The van der Waals surface area contributed by atoms with E-state index in [1.54, 1.807) is 24.5 Å². The number of likely N-dealkylation sites (tertiary alicyclic amines) is 1. The molecule has 1 fully saturated rings. The highest BCUT2D eigenvalue weighted by Crippen LogP contribution is 2.13. The van der Waals surface area contributed by atoms with Crippen LogP contribution in [0.5, 0.6) is 0 Å². The molecule has 1 saturated heterocycles. The van der Waals surface area contributed by atoms with E-state index in [-0.39, 0.29) is 31.4 Å². The van der Waals surface area contributed by atoms with E-state index in [1.165, 1.54) is 0 Å². The molecule has 0 saturated carbocycles. The molecule has 1 aromatic heterocycles. The van der Waals surface area contributed by atoms with Gasteiger partial charge in [-0.25, -0.2) is 0 Å². The van der Waals surface area contributed by atoms with Gasteiger partial charge in [0.05, 0.1) is 5.56 Å². The highest BCUT2D eigenvalue weighted by molar-refractivity contribution is 7.59. The fourth-order valence-electron chi connectivity index (χ4n) is 3.77. The molecule has 1 aromatic rings. The van der Waals surface area contributed by atoms with E-state index in [4.69, 9.17) is 0 Å². The van der Waals surface area contributed by atoms with Crippen molar-refractivity contribution in [3.8, 4) is 0 Å². The van der Waals surface area contributed by atoms with Gasteiger partial charge in [0.15, 0.2) is 0 Å². The molecule has 0 aliphatic carbocycles. The van der Waals surface area contributed by atoms with Gasteiger partial charge in [-0.15, -0.1) is 0 Å². The van der Waals surface area contributed by atoms with E-state index in [9.17, 15) is 9.59 Å². The first kappa shape index (κ1) is 31.2. The van der Waals surface area contributed by atoms with Gasteiger partial charge in [0, 0.05) is 37.9 Å². The Labute approximate surface area is 224 Å². The normalized spacial score (nSPS) is 16.1. The predicted molar refractivity (Wildman–Crippen MR) is 155 cm³/mol. The molecule has 2 heterocycles. The number of carbonyl (C=O) groups excluding carboxylic acids is 2. The lowest BCUT2D eigenvalue weighted by atomic mass is 10.2. The molecule has 0 unspecified atom stereocenters. The summed E-state index contributed by atoms with van der Waals surface area (Å²) < 4.78 is 0. The van der Waals surface area contributed by atoms with Crippen LogP contribution in [0.15, 0.2) is 85.3 Å². The van der Waals surface area contributed by atoms with Crippen LogP contribution in [0.4, 0.5) is 0 Å². The van der Waals surface area contributed by atoms with Crippen LogP contribution in [0, 0.1) is 0 Å². The summed E-state index contributed by atoms with van der Waals surface area (Å²) in [5, 5.41) is 3.01. The van der Waals surface area contributed by atoms with Gasteiger partial charge in [0.2, 0.25) is 5.91 Å². The second-order valence-electron chi connectivity index (χ2n) is 8.64. The van der Waals surface area contributed by atoms with Crippen LogP contribution in [-0.2, 0) is 4.79 Å². The first-order chi connectivity index (χ1) is 17.2. The number of nitrogens with zero attached hydrogens (tertiary/aromatic N) is 2. The Morgan fingerprint density at radius 2 is 1.58 bits per heavy atom. The van der Waals surface area contributed by atoms with E-state index >= 15 is 0 Å². The van der Waals surface area contributed by atoms with E-state index in [0.717, 1.165) is 51.4 Å². The zero-order chi connectivity index (χ0) is 25.0. The maximum Gasteiger partial charge on any atom is 0.253 e. The van der Waals surface area contributed by atoms with Crippen molar-refractivity contribution in [1.29, 1.82) is 0 Å². The van der Waals surface area contributed by atoms with E-state index in [2.05, 4.69) is 78.0 Å². The zero-order valence-electron chi connectivity index (χ0n) is 21.6. The third-order valence-corrected chi connectivity index (χ3v) is 5.72. The van der Waals surface area contributed by atoms with E-state index in [0.29, 0.717) is 25.1 Å². The lowest BCUT2D eigenvalue weighted by molar-refractivity contribution is -0.130. The van der Waals surface area contributed by atoms with Crippen LogP contribution < -0.4 is 5.32 Å². The second-order valence-corrected chi connectivity index (χ2v) is 8.64. The van der Waals surface area contributed by atoms with Gasteiger partial charge in [-0.05, 0) is 63.5 Å². The summed E-state index contributed by atoms with van der Waals surface area (Å²) in [7, 11) is 0. The molecule has 2 rings (SSSR count). The van der Waals surface area contributed by atoms with Crippen molar-refractivity contribution in [2.75, 3.05) is 13.1 Å². The maximum absolute atomic E-state index is 12.5. The molecule has 196 valence electrons. The number of hydrogen-bond acceptors (Lipinski definition) is 3. The Hall–Kier alpha value is -2.86.